The van der Waals surface area contributed by atoms with Gasteiger partial charge in [-0.2, -0.15) is 28.5 Å². The van der Waals surface area contributed by atoms with E-state index in [0.717, 1.165) is 12.1 Å². The minimum atomic E-state index is -4.57. The van der Waals surface area contributed by atoms with Crippen LogP contribution in [-0.4, -0.2) is 75.3 Å². The highest BCUT2D eigenvalue weighted by atomic mass is 19.4. The van der Waals surface area contributed by atoms with Crippen LogP contribution in [0.4, 0.5) is 19.1 Å². The Morgan fingerprint density at radius 2 is 1.79 bits per heavy atom. The van der Waals surface area contributed by atoms with Crippen LogP contribution in [0.3, 0.4) is 0 Å². The van der Waals surface area contributed by atoms with Gasteiger partial charge in [0.15, 0.2) is 5.65 Å². The summed E-state index contributed by atoms with van der Waals surface area (Å²) in [6.45, 7) is 2.89. The maximum Gasteiger partial charge on any atom is 0.416 e. The van der Waals surface area contributed by atoms with Crippen molar-refractivity contribution in [1.29, 1.82) is 5.26 Å². The average molecular weight is 644 g/mol. The van der Waals surface area contributed by atoms with E-state index in [1.807, 2.05) is 19.0 Å². The molecule has 14 heteroatoms. The summed E-state index contributed by atoms with van der Waals surface area (Å²) in [4.78, 5) is 33.1. The lowest BCUT2D eigenvalue weighted by Gasteiger charge is -2.16. The van der Waals surface area contributed by atoms with E-state index in [2.05, 4.69) is 26.6 Å². The highest BCUT2D eigenvalue weighted by molar-refractivity contribution is 5.94. The summed E-state index contributed by atoms with van der Waals surface area (Å²) < 4.78 is 44.5. The molecule has 2 aromatic carbocycles. The van der Waals surface area contributed by atoms with Crippen molar-refractivity contribution < 1.29 is 22.8 Å². The molecule has 0 bridgehead atoms. The van der Waals surface area contributed by atoms with Crippen LogP contribution >= 0.6 is 0 Å². The van der Waals surface area contributed by atoms with Crippen molar-refractivity contribution in [2.45, 2.75) is 25.9 Å². The molecule has 0 aliphatic carbocycles. The lowest BCUT2D eigenvalue weighted by atomic mass is 9.95. The summed E-state index contributed by atoms with van der Waals surface area (Å²) in [5.74, 6) is -0.643. The number of anilines is 1. The molecule has 0 saturated heterocycles. The number of carbonyl (C=O) groups excluding carboxylic acids is 2. The maximum absolute atomic E-state index is 13.8. The first-order valence-electron chi connectivity index (χ1n) is 14.7. The number of hydrogen-bond acceptors (Lipinski definition) is 7. The summed E-state index contributed by atoms with van der Waals surface area (Å²) in [6.07, 6.45) is -1.41. The van der Waals surface area contributed by atoms with E-state index < -0.39 is 17.6 Å². The molecule has 3 aromatic heterocycles. The molecule has 0 spiro atoms. The smallest absolute Gasteiger partial charge is 0.355 e. The summed E-state index contributed by atoms with van der Waals surface area (Å²) in [5.41, 5.74) is 3.04. The van der Waals surface area contributed by atoms with E-state index in [-0.39, 0.29) is 35.9 Å². The highest BCUT2D eigenvalue weighted by Gasteiger charge is 2.31. The summed E-state index contributed by atoms with van der Waals surface area (Å²) in [6, 6.07) is 15.6. The van der Waals surface area contributed by atoms with E-state index in [1.165, 1.54) is 22.5 Å². The second-order valence-electron chi connectivity index (χ2n) is 11.2. The lowest BCUT2D eigenvalue weighted by molar-refractivity contribution is -0.137. The van der Waals surface area contributed by atoms with Crippen LogP contribution in [0.5, 0.6) is 0 Å². The Morgan fingerprint density at radius 3 is 2.47 bits per heavy atom. The molecule has 242 valence electrons. The molecule has 5 aromatic rings. The third kappa shape index (κ3) is 7.15. The van der Waals surface area contributed by atoms with Gasteiger partial charge in [0, 0.05) is 50.3 Å². The first kappa shape index (κ1) is 32.8. The van der Waals surface area contributed by atoms with Gasteiger partial charge in [-0.05, 0) is 74.6 Å². The predicted octanol–water partition coefficient (Wildman–Crippen LogP) is 4.87. The monoisotopic (exact) mass is 643 g/mol. The number of pyridine rings is 1. The number of alkyl halides is 3. The van der Waals surface area contributed by atoms with Crippen molar-refractivity contribution in [3.63, 3.8) is 0 Å². The molecule has 0 aliphatic rings. The third-order valence-electron chi connectivity index (χ3n) is 7.63. The highest BCUT2D eigenvalue weighted by Crippen LogP contribution is 2.38. The Morgan fingerprint density at radius 1 is 1.04 bits per heavy atom. The molecule has 2 amide bonds. The van der Waals surface area contributed by atoms with Gasteiger partial charge < -0.3 is 10.2 Å². The van der Waals surface area contributed by atoms with Gasteiger partial charge in [-0.25, -0.2) is 9.20 Å². The van der Waals surface area contributed by atoms with Crippen LogP contribution in [0, 0.1) is 18.3 Å². The number of rotatable bonds is 10. The Hall–Kier alpha value is -5.55. The zero-order chi connectivity index (χ0) is 33.9. The number of benzene rings is 2. The van der Waals surface area contributed by atoms with Crippen molar-refractivity contribution >= 4 is 23.4 Å². The van der Waals surface area contributed by atoms with Gasteiger partial charge in [0.25, 0.3) is 5.95 Å². The fourth-order valence-electron chi connectivity index (χ4n) is 5.09. The fraction of sp³-hybridized carbons (Fsp3) is 0.273. The van der Waals surface area contributed by atoms with E-state index in [9.17, 15) is 28.0 Å². The second-order valence-corrected chi connectivity index (χ2v) is 11.2. The molecule has 3 heterocycles. The van der Waals surface area contributed by atoms with Crippen LogP contribution in [0.2, 0.25) is 0 Å². The molecule has 0 unspecified atom stereocenters. The molecule has 0 fully saturated rings. The number of fused-ring (bicyclic) bond motifs is 1. The van der Waals surface area contributed by atoms with E-state index in [4.69, 9.17) is 0 Å². The van der Waals surface area contributed by atoms with Crippen molar-refractivity contribution in [3.05, 3.63) is 83.7 Å². The predicted molar refractivity (Wildman–Crippen MR) is 170 cm³/mol. The second kappa shape index (κ2) is 13.4. The van der Waals surface area contributed by atoms with Gasteiger partial charge >= 0.3 is 6.18 Å². The number of nitrogens with zero attached hydrogens (tertiary/aromatic N) is 8. The Bertz CT molecular complexity index is 1970. The largest absolute Gasteiger partial charge is 0.416 e. The minimum absolute atomic E-state index is 0.0217. The molecule has 0 saturated carbocycles. The molecule has 47 heavy (non-hydrogen) atoms. The molecule has 0 aliphatic heterocycles. The van der Waals surface area contributed by atoms with Gasteiger partial charge in [-0.3, -0.25) is 14.5 Å². The van der Waals surface area contributed by atoms with Gasteiger partial charge in [-0.15, -0.1) is 5.10 Å². The number of likely N-dealkylation sites (N-methyl/N-ethyl adjacent to an activating group) is 1. The topological polar surface area (TPSA) is 124 Å². The summed E-state index contributed by atoms with van der Waals surface area (Å²) >= 11 is 0. The van der Waals surface area contributed by atoms with Crippen LogP contribution in [0.25, 0.3) is 33.7 Å². The molecule has 0 atom stereocenters. The first-order valence-corrected chi connectivity index (χ1v) is 14.7. The molecule has 1 N–H and O–H groups in total. The van der Waals surface area contributed by atoms with Gasteiger partial charge in [0.05, 0.1) is 34.8 Å². The lowest BCUT2D eigenvalue weighted by Crippen LogP contribution is -2.33. The van der Waals surface area contributed by atoms with E-state index >= 15 is 0 Å². The van der Waals surface area contributed by atoms with Gasteiger partial charge in [-0.1, -0.05) is 12.1 Å². The quantitative estimate of drug-likeness (QED) is 0.230. The number of aromatic nitrogens is 5. The van der Waals surface area contributed by atoms with E-state index in [0.29, 0.717) is 46.7 Å². The van der Waals surface area contributed by atoms with Gasteiger partial charge in [0.1, 0.15) is 0 Å². The summed E-state index contributed by atoms with van der Waals surface area (Å²) in [5, 5.41) is 21.0. The normalized spacial score (nSPS) is 11.6. The van der Waals surface area contributed by atoms with Crippen molar-refractivity contribution in [2.24, 2.45) is 0 Å². The first-order chi connectivity index (χ1) is 22.4. The van der Waals surface area contributed by atoms with Crippen molar-refractivity contribution in [3.8, 4) is 34.1 Å². The standard InChI is InChI=1S/C33H32F3N9O2/c1-21-26(27-14-15-39-45(27)25-10-8-22(19-37)9-11-25)20-44-31(30(21)23-6-5-7-24(18-23)33(34,35)36)40-32(41-44)43(4)29(47)13-12-28(46)38-16-17-42(2)3/h5-11,14-15,18,20H,12-13,16-17H2,1-4H3,(H,38,46). The number of halogens is 3. The number of nitriles is 1. The minimum Gasteiger partial charge on any atom is -0.355 e. The molecular weight excluding hydrogens is 611 g/mol. The Balaban J connectivity index is 1.57. The van der Waals surface area contributed by atoms with Crippen LogP contribution < -0.4 is 10.2 Å². The van der Waals surface area contributed by atoms with E-state index in [1.54, 1.807) is 60.4 Å². The fourth-order valence-corrected chi connectivity index (χ4v) is 5.09. The number of hydrogen-bond donors (Lipinski definition) is 1. The van der Waals surface area contributed by atoms with Crippen LogP contribution in [0.1, 0.15) is 29.5 Å². The zero-order valence-electron chi connectivity index (χ0n) is 26.2. The summed E-state index contributed by atoms with van der Waals surface area (Å²) in [7, 11) is 5.26. The number of amides is 2. The maximum atomic E-state index is 13.8. The van der Waals surface area contributed by atoms with Crippen LogP contribution in [-0.2, 0) is 15.8 Å². The zero-order valence-corrected chi connectivity index (χ0v) is 26.2. The van der Waals surface area contributed by atoms with Gasteiger partial charge in [0.2, 0.25) is 11.8 Å². The Labute approximate surface area is 268 Å². The van der Waals surface area contributed by atoms with Crippen molar-refractivity contribution in [2.75, 3.05) is 39.1 Å². The average Bonchev–Trinajstić information content (AvgIpc) is 3.70. The molecule has 5 rings (SSSR count). The Kier molecular flexibility index (Phi) is 9.39. The molecule has 0 radical (unpaired) electrons. The third-order valence-corrected chi connectivity index (χ3v) is 7.63. The van der Waals surface area contributed by atoms with Crippen molar-refractivity contribution in [1.82, 2.24) is 34.6 Å². The molecule has 11 nitrogen and oxygen atoms in total. The van der Waals surface area contributed by atoms with Crippen LogP contribution in [0.15, 0.2) is 67.0 Å². The SMILES string of the molecule is Cc1c(-c2ccnn2-c2ccc(C#N)cc2)cn2nc(N(C)C(=O)CCC(=O)NCCN(C)C)nc2c1-c1cccc(C(F)(F)F)c1. The number of carbonyl (C=O) groups is 2. The molecular formula is C33H32F3N9O2. The number of nitrogens with one attached hydrogen (secondary N) is 1.